The smallest absolute Gasteiger partial charge is 0.343 e. The Bertz CT molecular complexity index is 1220. The Labute approximate surface area is 223 Å². The van der Waals surface area contributed by atoms with E-state index in [0.717, 1.165) is 12.8 Å². The Hall–Kier alpha value is -4.33. The molecule has 1 amide bonds. The van der Waals surface area contributed by atoms with E-state index in [1.54, 1.807) is 42.5 Å². The zero-order valence-corrected chi connectivity index (χ0v) is 22.2. The van der Waals surface area contributed by atoms with E-state index in [-0.39, 0.29) is 12.4 Å². The quantitative estimate of drug-likeness (QED) is 0.102. The first kappa shape index (κ1) is 28.2. The number of carbonyl (C=O) groups excluding carboxylic acids is 2. The maximum atomic E-state index is 12.6. The van der Waals surface area contributed by atoms with E-state index >= 15 is 0 Å². The van der Waals surface area contributed by atoms with Gasteiger partial charge in [-0.25, -0.2) is 10.2 Å². The van der Waals surface area contributed by atoms with Crippen LogP contribution in [0.1, 0.15) is 61.0 Å². The number of nitrogens with zero attached hydrogens (tertiary/aromatic N) is 1. The molecule has 8 heteroatoms. The maximum absolute atomic E-state index is 12.6. The van der Waals surface area contributed by atoms with E-state index in [1.165, 1.54) is 18.9 Å². The van der Waals surface area contributed by atoms with Gasteiger partial charge in [-0.15, -0.1) is 0 Å². The molecule has 0 fully saturated rings. The molecule has 3 rings (SSSR count). The molecule has 0 aliphatic heterocycles. The second kappa shape index (κ2) is 14.4. The van der Waals surface area contributed by atoms with Crippen molar-refractivity contribution in [3.8, 4) is 23.0 Å². The van der Waals surface area contributed by atoms with Crippen LogP contribution in [-0.2, 0) is 4.79 Å². The maximum Gasteiger partial charge on any atom is 0.343 e. The third-order valence-corrected chi connectivity index (χ3v) is 5.57. The van der Waals surface area contributed by atoms with Gasteiger partial charge in [0.2, 0.25) is 0 Å². The number of hydrazone groups is 1. The summed E-state index contributed by atoms with van der Waals surface area (Å²) in [7, 11) is 1.48. The van der Waals surface area contributed by atoms with Crippen molar-refractivity contribution >= 4 is 18.1 Å². The molecule has 38 heavy (non-hydrogen) atoms. The second-order valence-electron chi connectivity index (χ2n) is 8.83. The molecule has 0 saturated carbocycles. The van der Waals surface area contributed by atoms with E-state index in [0.29, 0.717) is 40.9 Å². The SMILES string of the molecule is CCCCOc1ccc(C(=O)Oc2ccc(/C=N/NC(=O)COc3ccc(C(C)C)cc3)cc2OC)cc1. The van der Waals surface area contributed by atoms with Crippen LogP contribution in [0.4, 0.5) is 0 Å². The third-order valence-electron chi connectivity index (χ3n) is 5.57. The first-order valence-electron chi connectivity index (χ1n) is 12.6. The molecule has 0 heterocycles. The third kappa shape index (κ3) is 8.65. The number of esters is 1. The molecule has 0 bridgehead atoms. The van der Waals surface area contributed by atoms with Gasteiger partial charge in [0.05, 0.1) is 25.5 Å². The molecular weight excluding hydrogens is 484 g/mol. The minimum absolute atomic E-state index is 0.164. The topological polar surface area (TPSA) is 95.5 Å². The second-order valence-corrected chi connectivity index (χ2v) is 8.83. The lowest BCUT2D eigenvalue weighted by molar-refractivity contribution is -0.123. The Morgan fingerprint density at radius 1 is 0.921 bits per heavy atom. The molecule has 0 saturated heterocycles. The van der Waals surface area contributed by atoms with Gasteiger partial charge >= 0.3 is 5.97 Å². The lowest BCUT2D eigenvalue weighted by Crippen LogP contribution is -2.24. The van der Waals surface area contributed by atoms with Crippen LogP contribution in [0.5, 0.6) is 23.0 Å². The number of benzene rings is 3. The van der Waals surface area contributed by atoms with Gasteiger partial charge in [-0.3, -0.25) is 4.79 Å². The van der Waals surface area contributed by atoms with Gasteiger partial charge in [-0.1, -0.05) is 39.3 Å². The number of nitrogens with one attached hydrogen (secondary N) is 1. The lowest BCUT2D eigenvalue weighted by Gasteiger charge is -2.10. The Morgan fingerprint density at radius 3 is 2.26 bits per heavy atom. The molecule has 0 aromatic heterocycles. The van der Waals surface area contributed by atoms with Crippen LogP contribution in [0.3, 0.4) is 0 Å². The van der Waals surface area contributed by atoms with Gasteiger partial charge < -0.3 is 18.9 Å². The van der Waals surface area contributed by atoms with Crippen LogP contribution in [0.25, 0.3) is 0 Å². The van der Waals surface area contributed by atoms with Gasteiger partial charge in [0.15, 0.2) is 18.1 Å². The molecule has 0 spiro atoms. The van der Waals surface area contributed by atoms with E-state index in [2.05, 4.69) is 31.3 Å². The highest BCUT2D eigenvalue weighted by Crippen LogP contribution is 2.28. The molecule has 3 aromatic carbocycles. The molecule has 0 aliphatic carbocycles. The van der Waals surface area contributed by atoms with Gasteiger partial charge in [0.25, 0.3) is 5.91 Å². The highest BCUT2D eigenvalue weighted by atomic mass is 16.6. The van der Waals surface area contributed by atoms with Crippen LogP contribution >= 0.6 is 0 Å². The average Bonchev–Trinajstić information content (AvgIpc) is 2.93. The Morgan fingerprint density at radius 2 is 1.61 bits per heavy atom. The van der Waals surface area contributed by atoms with Crippen LogP contribution in [0.15, 0.2) is 71.8 Å². The molecule has 1 N–H and O–H groups in total. The lowest BCUT2D eigenvalue weighted by atomic mass is 10.0. The number of rotatable bonds is 13. The van der Waals surface area contributed by atoms with E-state index in [9.17, 15) is 9.59 Å². The fourth-order valence-corrected chi connectivity index (χ4v) is 3.34. The van der Waals surface area contributed by atoms with Crippen molar-refractivity contribution < 1.29 is 28.5 Å². The van der Waals surface area contributed by atoms with E-state index in [4.69, 9.17) is 18.9 Å². The van der Waals surface area contributed by atoms with Crippen LogP contribution in [0.2, 0.25) is 0 Å². The molecule has 0 radical (unpaired) electrons. The van der Waals surface area contributed by atoms with Gasteiger partial charge in [0.1, 0.15) is 11.5 Å². The molecular formula is C30H34N2O6. The monoisotopic (exact) mass is 518 g/mol. The molecule has 0 aliphatic rings. The molecule has 0 atom stereocenters. The normalized spacial score (nSPS) is 10.9. The van der Waals surface area contributed by atoms with Crippen molar-refractivity contribution in [3.05, 3.63) is 83.4 Å². The van der Waals surface area contributed by atoms with Crippen molar-refractivity contribution in [2.75, 3.05) is 20.3 Å². The summed E-state index contributed by atoms with van der Waals surface area (Å²) in [5.74, 6) is 1.44. The number of unbranched alkanes of at least 4 members (excludes halogenated alkanes) is 1. The summed E-state index contributed by atoms with van der Waals surface area (Å²) in [5, 5.41) is 3.96. The molecule has 0 unspecified atom stereocenters. The van der Waals surface area contributed by atoms with Crippen molar-refractivity contribution in [1.82, 2.24) is 5.43 Å². The first-order chi connectivity index (χ1) is 18.4. The minimum Gasteiger partial charge on any atom is -0.494 e. The fourth-order valence-electron chi connectivity index (χ4n) is 3.34. The summed E-state index contributed by atoms with van der Waals surface area (Å²) in [6.07, 6.45) is 3.48. The predicted octanol–water partition coefficient (Wildman–Crippen LogP) is 5.75. The van der Waals surface area contributed by atoms with Gasteiger partial charge in [0, 0.05) is 0 Å². The number of hydrogen-bond acceptors (Lipinski definition) is 7. The number of ether oxygens (including phenoxy) is 4. The molecule has 200 valence electrons. The summed E-state index contributed by atoms with van der Waals surface area (Å²) in [6, 6.07) is 19.4. The van der Waals surface area contributed by atoms with E-state index in [1.807, 2.05) is 24.3 Å². The highest BCUT2D eigenvalue weighted by Gasteiger charge is 2.13. The van der Waals surface area contributed by atoms with Crippen molar-refractivity contribution in [1.29, 1.82) is 0 Å². The number of hydrogen-bond donors (Lipinski definition) is 1. The standard InChI is InChI=1S/C30H34N2O6/c1-5-6-17-36-25-14-10-24(11-15-25)30(34)38-27-16-7-22(18-28(27)35-4)19-31-32-29(33)20-37-26-12-8-23(9-13-26)21(2)3/h7-16,18-19,21H,5-6,17,20H2,1-4H3,(H,32,33)/b31-19+. The summed E-state index contributed by atoms with van der Waals surface area (Å²) >= 11 is 0. The zero-order valence-electron chi connectivity index (χ0n) is 22.2. The molecule has 3 aromatic rings. The average molecular weight is 519 g/mol. The summed E-state index contributed by atoms with van der Waals surface area (Å²) < 4.78 is 22.0. The van der Waals surface area contributed by atoms with Gasteiger partial charge in [-0.2, -0.15) is 5.10 Å². The van der Waals surface area contributed by atoms with Crippen LogP contribution in [0, 0.1) is 0 Å². The Kier molecular flexibility index (Phi) is 10.7. The summed E-state index contributed by atoms with van der Waals surface area (Å²) in [4.78, 5) is 24.7. The van der Waals surface area contributed by atoms with Crippen molar-refractivity contribution in [2.24, 2.45) is 5.10 Å². The summed E-state index contributed by atoms with van der Waals surface area (Å²) in [6.45, 7) is 6.79. The van der Waals surface area contributed by atoms with Crippen LogP contribution in [-0.4, -0.2) is 38.4 Å². The van der Waals surface area contributed by atoms with Crippen molar-refractivity contribution in [3.63, 3.8) is 0 Å². The number of carbonyl (C=O) groups is 2. The zero-order chi connectivity index (χ0) is 27.3. The predicted molar refractivity (Wildman–Crippen MR) is 147 cm³/mol. The minimum atomic E-state index is -0.518. The van der Waals surface area contributed by atoms with Gasteiger partial charge in [-0.05, 0) is 78.1 Å². The first-order valence-corrected chi connectivity index (χ1v) is 12.6. The largest absolute Gasteiger partial charge is 0.494 e. The summed E-state index contributed by atoms with van der Waals surface area (Å²) in [5.41, 5.74) is 4.65. The Balaban J connectivity index is 1.51. The fraction of sp³-hybridized carbons (Fsp3) is 0.300. The van der Waals surface area contributed by atoms with Crippen LogP contribution < -0.4 is 24.4 Å². The van der Waals surface area contributed by atoms with E-state index < -0.39 is 11.9 Å². The number of amides is 1. The number of methoxy groups -OCH3 is 1. The molecule has 8 nitrogen and oxygen atoms in total. The highest BCUT2D eigenvalue weighted by molar-refractivity contribution is 5.92. The van der Waals surface area contributed by atoms with Crippen molar-refractivity contribution in [2.45, 2.75) is 39.5 Å².